The van der Waals surface area contributed by atoms with Crippen LogP contribution >= 0.6 is 11.3 Å². The molecule has 2 heterocycles. The molecule has 3 rings (SSSR count). The predicted molar refractivity (Wildman–Crippen MR) is 125 cm³/mol. The van der Waals surface area contributed by atoms with Crippen molar-refractivity contribution in [2.24, 2.45) is 0 Å². The number of rotatable bonds is 12. The molecule has 2 aromatic rings. The molecular weight excluding hydrogens is 428 g/mol. The van der Waals surface area contributed by atoms with Gasteiger partial charge in [-0.2, -0.15) is 0 Å². The van der Waals surface area contributed by atoms with Crippen molar-refractivity contribution in [3.63, 3.8) is 0 Å². The number of aliphatic hydroxyl groups excluding tert-OH is 1. The fraction of sp³-hybridized carbons (Fsp3) is 0.542. The summed E-state index contributed by atoms with van der Waals surface area (Å²) in [6.07, 6.45) is 0.194. The Labute approximate surface area is 194 Å². The van der Waals surface area contributed by atoms with E-state index in [4.69, 9.17) is 14.2 Å². The average Bonchev–Trinajstić information content (AvgIpc) is 3.25. The molecule has 0 aliphatic carbocycles. The third-order valence-electron chi connectivity index (χ3n) is 5.61. The minimum Gasteiger partial charge on any atom is -0.491 e. The number of benzene rings is 1. The highest BCUT2D eigenvalue weighted by atomic mass is 32.1. The zero-order chi connectivity index (χ0) is 22.9. The number of carbonyl (C=O) groups is 1. The summed E-state index contributed by atoms with van der Waals surface area (Å²) >= 11 is 1.74. The monoisotopic (exact) mass is 462 g/mol. The van der Waals surface area contributed by atoms with Gasteiger partial charge in [-0.05, 0) is 48.1 Å². The normalized spacial score (nSPS) is 16.8. The number of hydrogen-bond donors (Lipinski definition) is 1. The molecule has 2 atom stereocenters. The molecule has 0 saturated heterocycles. The zero-order valence-corrected chi connectivity index (χ0v) is 20.0. The Balaban J connectivity index is 1.71. The van der Waals surface area contributed by atoms with Gasteiger partial charge in [-0.25, -0.2) is 0 Å². The van der Waals surface area contributed by atoms with Gasteiger partial charge in [0, 0.05) is 38.7 Å². The van der Waals surface area contributed by atoms with Crippen LogP contribution in [-0.2, 0) is 20.7 Å². The molecule has 0 unspecified atom stereocenters. The van der Waals surface area contributed by atoms with Gasteiger partial charge in [0.2, 0.25) is 5.91 Å². The molecule has 0 fully saturated rings. The molecule has 8 heteroatoms. The van der Waals surface area contributed by atoms with Crippen LogP contribution in [0.3, 0.4) is 0 Å². The second-order valence-corrected chi connectivity index (χ2v) is 9.12. The van der Waals surface area contributed by atoms with Crippen molar-refractivity contribution in [2.45, 2.75) is 25.5 Å². The van der Waals surface area contributed by atoms with Gasteiger partial charge in [-0.15, -0.1) is 11.3 Å². The number of amides is 1. The van der Waals surface area contributed by atoms with Crippen LogP contribution in [0.5, 0.6) is 5.75 Å². The van der Waals surface area contributed by atoms with E-state index in [0.717, 1.165) is 17.7 Å². The smallest absolute Gasteiger partial charge is 0.237 e. The van der Waals surface area contributed by atoms with Gasteiger partial charge in [0.05, 0.1) is 31.9 Å². The summed E-state index contributed by atoms with van der Waals surface area (Å²) in [5, 5.41) is 12.3. The Hall–Kier alpha value is -1.97. The van der Waals surface area contributed by atoms with Crippen LogP contribution in [0, 0.1) is 6.92 Å². The Bertz CT molecular complexity index is 858. The van der Waals surface area contributed by atoms with Gasteiger partial charge in [-0.3, -0.25) is 9.69 Å². The lowest BCUT2D eigenvalue weighted by atomic mass is 10.0. The van der Waals surface area contributed by atoms with E-state index in [-0.39, 0.29) is 25.1 Å². The second kappa shape index (κ2) is 12.3. The first-order valence-electron chi connectivity index (χ1n) is 10.9. The predicted octanol–water partition coefficient (Wildman–Crippen LogP) is 2.52. The number of methoxy groups -OCH3 is 2. The van der Waals surface area contributed by atoms with Gasteiger partial charge in [-0.1, -0.05) is 12.1 Å². The van der Waals surface area contributed by atoms with E-state index < -0.39 is 6.10 Å². The number of ether oxygens (including phenoxy) is 3. The summed E-state index contributed by atoms with van der Waals surface area (Å²) in [4.78, 5) is 18.6. The number of fused-ring (bicyclic) bond motifs is 1. The Kier molecular flexibility index (Phi) is 9.50. The minimum atomic E-state index is -0.657. The first-order valence-corrected chi connectivity index (χ1v) is 11.8. The maximum atomic E-state index is 13.4. The number of aliphatic hydroxyl groups is 1. The quantitative estimate of drug-likeness (QED) is 0.523. The third kappa shape index (κ3) is 6.76. The van der Waals surface area contributed by atoms with Crippen molar-refractivity contribution in [2.75, 3.05) is 60.2 Å². The number of aryl methyl sites for hydroxylation is 1. The summed E-state index contributed by atoms with van der Waals surface area (Å²) in [6.45, 7) is 4.94. The van der Waals surface area contributed by atoms with Gasteiger partial charge < -0.3 is 24.2 Å². The van der Waals surface area contributed by atoms with Gasteiger partial charge >= 0.3 is 0 Å². The molecule has 0 bridgehead atoms. The van der Waals surface area contributed by atoms with Crippen LogP contribution in [0.15, 0.2) is 35.7 Å². The number of thiophene rings is 1. The van der Waals surface area contributed by atoms with Gasteiger partial charge in [0.1, 0.15) is 12.4 Å². The van der Waals surface area contributed by atoms with Crippen LogP contribution < -0.4 is 4.74 Å². The molecule has 1 aromatic heterocycles. The number of carbonyl (C=O) groups excluding carboxylic acids is 1. The van der Waals surface area contributed by atoms with E-state index >= 15 is 0 Å². The lowest BCUT2D eigenvalue weighted by molar-refractivity contribution is -0.136. The van der Waals surface area contributed by atoms with E-state index in [9.17, 15) is 9.90 Å². The molecule has 0 radical (unpaired) electrons. The number of hydrogen-bond acceptors (Lipinski definition) is 7. The van der Waals surface area contributed by atoms with Crippen LogP contribution in [0.4, 0.5) is 0 Å². The Morgan fingerprint density at radius 2 is 2.16 bits per heavy atom. The summed E-state index contributed by atoms with van der Waals surface area (Å²) in [5.41, 5.74) is 2.31. The first-order chi connectivity index (χ1) is 15.5. The molecule has 1 aromatic carbocycles. The first kappa shape index (κ1) is 24.7. The lowest BCUT2D eigenvalue weighted by Crippen LogP contribution is -2.48. The summed E-state index contributed by atoms with van der Waals surface area (Å²) in [5.74, 6) is 0.838. The zero-order valence-electron chi connectivity index (χ0n) is 19.2. The molecule has 1 aliphatic rings. The summed E-state index contributed by atoms with van der Waals surface area (Å²) in [6, 6.07) is 9.93. The van der Waals surface area contributed by atoms with Crippen molar-refractivity contribution >= 4 is 17.2 Å². The van der Waals surface area contributed by atoms with E-state index in [1.54, 1.807) is 25.6 Å². The molecule has 176 valence electrons. The van der Waals surface area contributed by atoms with Crippen molar-refractivity contribution in [3.8, 4) is 5.75 Å². The maximum absolute atomic E-state index is 13.4. The van der Waals surface area contributed by atoms with Crippen molar-refractivity contribution < 1.29 is 24.1 Å². The maximum Gasteiger partial charge on any atom is 0.237 e. The molecule has 1 amide bonds. The largest absolute Gasteiger partial charge is 0.491 e. The van der Waals surface area contributed by atoms with Gasteiger partial charge in [0.15, 0.2) is 0 Å². The van der Waals surface area contributed by atoms with E-state index in [1.807, 2.05) is 41.0 Å². The number of nitrogens with zero attached hydrogens (tertiary/aromatic N) is 2. The standard InChI is InChI=1S/C24H34N2O5S/c1-18-5-4-6-20(13-18)31-17-22-21-8-12-32-23(21)7-9-26(22)24(28)15-25(10-11-29-2)14-19(27)16-30-3/h4-6,8,12-13,19,22,27H,7,9-11,14-17H2,1-3H3/t19-,22-/m1/s1. The molecule has 0 spiro atoms. The van der Waals surface area contributed by atoms with Crippen LogP contribution in [0.1, 0.15) is 22.0 Å². The van der Waals surface area contributed by atoms with Crippen LogP contribution in [0.25, 0.3) is 0 Å². The molecule has 32 heavy (non-hydrogen) atoms. The van der Waals surface area contributed by atoms with Crippen LogP contribution in [0.2, 0.25) is 0 Å². The molecule has 1 N–H and O–H groups in total. The SMILES string of the molecule is COCCN(CC(=O)N1CCc2sccc2[C@H]1COc1cccc(C)c1)C[C@@H](O)COC. The van der Waals surface area contributed by atoms with Crippen molar-refractivity contribution in [3.05, 3.63) is 51.7 Å². The van der Waals surface area contributed by atoms with Crippen molar-refractivity contribution in [1.82, 2.24) is 9.80 Å². The fourth-order valence-corrected chi connectivity index (χ4v) is 4.96. The Morgan fingerprint density at radius 3 is 2.91 bits per heavy atom. The Morgan fingerprint density at radius 1 is 1.31 bits per heavy atom. The summed E-state index contributed by atoms with van der Waals surface area (Å²) in [7, 11) is 3.19. The highest BCUT2D eigenvalue weighted by molar-refractivity contribution is 7.10. The molecule has 1 aliphatic heterocycles. The lowest BCUT2D eigenvalue weighted by Gasteiger charge is -2.37. The van der Waals surface area contributed by atoms with E-state index in [0.29, 0.717) is 32.8 Å². The molecule has 7 nitrogen and oxygen atoms in total. The topological polar surface area (TPSA) is 71.5 Å². The second-order valence-electron chi connectivity index (χ2n) is 8.12. The third-order valence-corrected chi connectivity index (χ3v) is 6.61. The van der Waals surface area contributed by atoms with E-state index in [1.165, 1.54) is 10.4 Å². The van der Waals surface area contributed by atoms with Crippen molar-refractivity contribution in [1.29, 1.82) is 0 Å². The molecule has 0 saturated carbocycles. The minimum absolute atomic E-state index is 0.0282. The highest BCUT2D eigenvalue weighted by Crippen LogP contribution is 2.34. The van der Waals surface area contributed by atoms with Gasteiger partial charge in [0.25, 0.3) is 0 Å². The highest BCUT2D eigenvalue weighted by Gasteiger charge is 2.33. The molecular formula is C24H34N2O5S. The van der Waals surface area contributed by atoms with Crippen LogP contribution in [-0.4, -0.2) is 87.1 Å². The van der Waals surface area contributed by atoms with E-state index in [2.05, 4.69) is 11.4 Å². The summed E-state index contributed by atoms with van der Waals surface area (Å²) < 4.78 is 16.4. The fourth-order valence-electron chi connectivity index (χ4n) is 4.04. The average molecular weight is 463 g/mol.